The first kappa shape index (κ1) is 13.4. The van der Waals surface area contributed by atoms with E-state index < -0.39 is 4.92 Å². The number of nitrogens with zero attached hydrogens (tertiary/aromatic N) is 2. The van der Waals surface area contributed by atoms with Gasteiger partial charge in [-0.25, -0.2) is 4.98 Å². The van der Waals surface area contributed by atoms with Crippen molar-refractivity contribution in [3.63, 3.8) is 0 Å². The molecule has 6 nitrogen and oxygen atoms in total. The van der Waals surface area contributed by atoms with Gasteiger partial charge < -0.3 is 10.1 Å². The summed E-state index contributed by atoms with van der Waals surface area (Å²) in [6.07, 6.45) is 1.41. The maximum absolute atomic E-state index is 10.5. The quantitative estimate of drug-likeness (QED) is 0.447. The van der Waals surface area contributed by atoms with Crippen LogP contribution in [0, 0.1) is 16.0 Å². The van der Waals surface area contributed by atoms with Crippen LogP contribution in [-0.4, -0.2) is 29.7 Å². The summed E-state index contributed by atoms with van der Waals surface area (Å²) in [7, 11) is 0. The van der Waals surface area contributed by atoms with Gasteiger partial charge in [-0.05, 0) is 5.92 Å². The Balaban J connectivity index is 2.31. The zero-order valence-electron chi connectivity index (χ0n) is 10.0. The van der Waals surface area contributed by atoms with Crippen LogP contribution in [0.5, 0.6) is 0 Å². The minimum atomic E-state index is -0.442. The lowest BCUT2D eigenvalue weighted by molar-refractivity contribution is -0.384. The van der Waals surface area contributed by atoms with Crippen molar-refractivity contribution in [3.05, 3.63) is 28.4 Å². The van der Waals surface area contributed by atoms with E-state index in [9.17, 15) is 10.1 Å². The van der Waals surface area contributed by atoms with Crippen LogP contribution in [0.15, 0.2) is 18.3 Å². The van der Waals surface area contributed by atoms with Gasteiger partial charge in [0.25, 0.3) is 5.69 Å². The Morgan fingerprint density at radius 3 is 3.00 bits per heavy atom. The number of pyridine rings is 1. The number of nitro groups is 1. The van der Waals surface area contributed by atoms with Crippen LogP contribution >= 0.6 is 0 Å². The topological polar surface area (TPSA) is 77.3 Å². The zero-order chi connectivity index (χ0) is 12.7. The van der Waals surface area contributed by atoms with Gasteiger partial charge in [0.2, 0.25) is 0 Å². The Morgan fingerprint density at radius 1 is 1.59 bits per heavy atom. The first-order valence-electron chi connectivity index (χ1n) is 5.51. The normalized spacial score (nSPS) is 10.5. The molecule has 94 valence electrons. The second-order valence-electron chi connectivity index (χ2n) is 4.05. The molecule has 0 fully saturated rings. The minimum Gasteiger partial charge on any atom is -0.379 e. The lowest BCUT2D eigenvalue weighted by atomic mass is 10.2. The Kier molecular flexibility index (Phi) is 5.35. The molecule has 0 saturated carbocycles. The number of hydrogen-bond acceptors (Lipinski definition) is 5. The third-order valence-electron chi connectivity index (χ3n) is 1.96. The monoisotopic (exact) mass is 239 g/mol. The predicted octanol–water partition coefficient (Wildman–Crippen LogP) is 2.07. The van der Waals surface area contributed by atoms with Crippen LogP contribution in [-0.2, 0) is 4.74 Å². The van der Waals surface area contributed by atoms with Crippen molar-refractivity contribution >= 4 is 11.5 Å². The fourth-order valence-corrected chi connectivity index (χ4v) is 1.20. The molecule has 0 aliphatic rings. The Hall–Kier alpha value is -1.69. The molecule has 0 bridgehead atoms. The summed E-state index contributed by atoms with van der Waals surface area (Å²) in [5, 5.41) is 13.5. The van der Waals surface area contributed by atoms with E-state index in [0.717, 1.165) is 0 Å². The Labute approximate surface area is 100 Å². The van der Waals surface area contributed by atoms with E-state index in [1.165, 1.54) is 18.3 Å². The average molecular weight is 239 g/mol. The van der Waals surface area contributed by atoms with E-state index in [1.807, 2.05) is 0 Å². The van der Waals surface area contributed by atoms with E-state index in [2.05, 4.69) is 24.1 Å². The first-order valence-corrected chi connectivity index (χ1v) is 5.51. The molecule has 0 atom stereocenters. The smallest absolute Gasteiger partial charge is 0.274 e. The highest BCUT2D eigenvalue weighted by Gasteiger charge is 2.05. The van der Waals surface area contributed by atoms with Crippen LogP contribution in [0.1, 0.15) is 13.8 Å². The second kappa shape index (κ2) is 6.80. The standard InChI is InChI=1S/C11H17N3O3/c1-9(2)8-17-6-5-13-11-7-10(14(15)16)3-4-12-11/h3-4,7,9H,5-6,8H2,1-2H3,(H,12,13). The van der Waals surface area contributed by atoms with Crippen LogP contribution in [0.3, 0.4) is 0 Å². The van der Waals surface area contributed by atoms with E-state index in [-0.39, 0.29) is 5.69 Å². The van der Waals surface area contributed by atoms with Crippen LogP contribution in [0.4, 0.5) is 11.5 Å². The van der Waals surface area contributed by atoms with Gasteiger partial charge in [-0.2, -0.15) is 0 Å². The van der Waals surface area contributed by atoms with Crippen molar-refractivity contribution in [1.82, 2.24) is 4.98 Å². The lowest BCUT2D eigenvalue weighted by Crippen LogP contribution is -2.12. The molecule has 0 unspecified atom stereocenters. The summed E-state index contributed by atoms with van der Waals surface area (Å²) < 4.78 is 5.37. The molecule has 1 N–H and O–H groups in total. The van der Waals surface area contributed by atoms with Gasteiger partial charge in [-0.15, -0.1) is 0 Å². The lowest BCUT2D eigenvalue weighted by Gasteiger charge is -2.08. The Bertz CT molecular complexity index is 369. The molecule has 1 rings (SSSR count). The molecule has 17 heavy (non-hydrogen) atoms. The number of ether oxygens (including phenoxy) is 1. The molecule has 0 aromatic carbocycles. The third-order valence-corrected chi connectivity index (χ3v) is 1.96. The van der Waals surface area contributed by atoms with Gasteiger partial charge >= 0.3 is 0 Å². The number of nitrogens with one attached hydrogen (secondary N) is 1. The molecule has 0 spiro atoms. The van der Waals surface area contributed by atoms with Gasteiger partial charge in [0.05, 0.1) is 17.6 Å². The summed E-state index contributed by atoms with van der Waals surface area (Å²) in [6, 6.07) is 2.77. The van der Waals surface area contributed by atoms with Crippen molar-refractivity contribution in [3.8, 4) is 0 Å². The summed E-state index contributed by atoms with van der Waals surface area (Å²) >= 11 is 0. The van der Waals surface area contributed by atoms with Gasteiger partial charge in [0.15, 0.2) is 0 Å². The van der Waals surface area contributed by atoms with E-state index in [4.69, 9.17) is 4.74 Å². The van der Waals surface area contributed by atoms with Crippen molar-refractivity contribution in [2.75, 3.05) is 25.1 Å². The fourth-order valence-electron chi connectivity index (χ4n) is 1.20. The molecular formula is C11H17N3O3. The summed E-state index contributed by atoms with van der Waals surface area (Å²) in [6.45, 7) is 6.01. The highest BCUT2D eigenvalue weighted by atomic mass is 16.6. The number of anilines is 1. The highest BCUT2D eigenvalue weighted by Crippen LogP contribution is 2.13. The maximum atomic E-state index is 10.5. The zero-order valence-corrected chi connectivity index (χ0v) is 10.0. The molecule has 6 heteroatoms. The largest absolute Gasteiger partial charge is 0.379 e. The van der Waals surface area contributed by atoms with Crippen molar-refractivity contribution in [2.24, 2.45) is 5.92 Å². The van der Waals surface area contributed by atoms with Gasteiger partial charge in [0.1, 0.15) is 5.82 Å². The SMILES string of the molecule is CC(C)COCCNc1cc([N+](=O)[O-])ccn1. The third kappa shape index (κ3) is 5.26. The first-order chi connectivity index (χ1) is 8.09. The van der Waals surface area contributed by atoms with Crippen LogP contribution in [0.2, 0.25) is 0 Å². The molecule has 0 aliphatic heterocycles. The van der Waals surface area contributed by atoms with E-state index in [1.54, 1.807) is 0 Å². The van der Waals surface area contributed by atoms with Crippen LogP contribution < -0.4 is 5.32 Å². The van der Waals surface area contributed by atoms with Crippen molar-refractivity contribution in [1.29, 1.82) is 0 Å². The highest BCUT2D eigenvalue weighted by molar-refractivity contribution is 5.44. The predicted molar refractivity (Wildman–Crippen MR) is 65.0 cm³/mol. The number of rotatable bonds is 7. The molecular weight excluding hydrogens is 222 g/mol. The molecule has 0 saturated heterocycles. The molecule has 0 radical (unpaired) electrons. The number of hydrogen-bond donors (Lipinski definition) is 1. The fraction of sp³-hybridized carbons (Fsp3) is 0.545. The molecule has 1 aromatic rings. The second-order valence-corrected chi connectivity index (χ2v) is 4.05. The molecule has 1 heterocycles. The molecule has 0 aliphatic carbocycles. The van der Waals surface area contributed by atoms with Gasteiger partial charge in [-0.1, -0.05) is 13.8 Å². The van der Waals surface area contributed by atoms with Crippen molar-refractivity contribution in [2.45, 2.75) is 13.8 Å². The summed E-state index contributed by atoms with van der Waals surface area (Å²) in [5.74, 6) is 0.998. The van der Waals surface area contributed by atoms with Gasteiger partial charge in [-0.3, -0.25) is 10.1 Å². The number of aromatic nitrogens is 1. The van der Waals surface area contributed by atoms with Crippen molar-refractivity contribution < 1.29 is 9.66 Å². The molecule has 1 aromatic heterocycles. The molecule has 0 amide bonds. The summed E-state index contributed by atoms with van der Waals surface area (Å²) in [4.78, 5) is 14.1. The minimum absolute atomic E-state index is 0.0330. The average Bonchev–Trinajstić information content (AvgIpc) is 2.28. The van der Waals surface area contributed by atoms with Gasteiger partial charge in [0, 0.05) is 25.4 Å². The Morgan fingerprint density at radius 2 is 2.35 bits per heavy atom. The van der Waals surface area contributed by atoms with E-state index in [0.29, 0.717) is 31.5 Å². The van der Waals surface area contributed by atoms with E-state index >= 15 is 0 Å². The van der Waals surface area contributed by atoms with Crippen LogP contribution in [0.25, 0.3) is 0 Å². The summed E-state index contributed by atoms with van der Waals surface area (Å²) in [5.41, 5.74) is 0.0330. The maximum Gasteiger partial charge on any atom is 0.274 e.